The van der Waals surface area contributed by atoms with E-state index in [0.29, 0.717) is 25.3 Å². The fraction of sp³-hybridized carbons (Fsp3) is 0.375. The molecule has 0 radical (unpaired) electrons. The number of carbonyl (C=O) groups excluding carboxylic acids is 1. The standard InChI is InChI=1S/C24H28FN3O2/c1-19-17-22(7-8-23(19)25)21-9-11-27(12-10-21)28-15-13-26(14-16-28)24(29)30-18-20-5-3-2-4-6-20/h2-9,17H,10-16,18H2,1H3. The lowest BCUT2D eigenvalue weighted by molar-refractivity contribution is -0.0486. The second kappa shape index (κ2) is 9.41. The Balaban J connectivity index is 1.25. The third-order valence-corrected chi connectivity index (χ3v) is 5.84. The van der Waals surface area contributed by atoms with Crippen molar-refractivity contribution in [2.24, 2.45) is 0 Å². The van der Waals surface area contributed by atoms with Crippen LogP contribution in [-0.2, 0) is 11.3 Å². The normalized spacial score (nSPS) is 18.2. The summed E-state index contributed by atoms with van der Waals surface area (Å²) in [5.41, 5.74) is 4.07. The number of amides is 1. The van der Waals surface area contributed by atoms with E-state index in [9.17, 15) is 9.18 Å². The predicted molar refractivity (Wildman–Crippen MR) is 115 cm³/mol. The van der Waals surface area contributed by atoms with Gasteiger partial charge < -0.3 is 9.64 Å². The zero-order chi connectivity index (χ0) is 20.9. The number of hydrazine groups is 1. The fourth-order valence-electron chi connectivity index (χ4n) is 3.99. The molecule has 0 aliphatic carbocycles. The lowest BCUT2D eigenvalue weighted by Gasteiger charge is -2.42. The third kappa shape index (κ3) is 4.89. The Hall–Kier alpha value is -2.70. The molecule has 0 bridgehead atoms. The summed E-state index contributed by atoms with van der Waals surface area (Å²) in [6.45, 7) is 6.82. The topological polar surface area (TPSA) is 36.0 Å². The smallest absolute Gasteiger partial charge is 0.410 e. The summed E-state index contributed by atoms with van der Waals surface area (Å²) < 4.78 is 19.0. The third-order valence-electron chi connectivity index (χ3n) is 5.84. The van der Waals surface area contributed by atoms with Crippen LogP contribution in [0.1, 0.15) is 23.1 Å². The summed E-state index contributed by atoms with van der Waals surface area (Å²) in [7, 11) is 0. The maximum Gasteiger partial charge on any atom is 0.410 e. The molecule has 6 heteroatoms. The van der Waals surface area contributed by atoms with Gasteiger partial charge >= 0.3 is 6.09 Å². The predicted octanol–water partition coefficient (Wildman–Crippen LogP) is 4.09. The number of rotatable bonds is 4. The SMILES string of the molecule is Cc1cc(C2=CCN(N3CCN(C(=O)OCc4ccccc4)CC3)CC2)ccc1F. The molecule has 4 rings (SSSR count). The van der Waals surface area contributed by atoms with Crippen molar-refractivity contribution < 1.29 is 13.9 Å². The van der Waals surface area contributed by atoms with Gasteiger partial charge in [-0.05, 0) is 47.7 Å². The number of hydrogen-bond acceptors (Lipinski definition) is 4. The molecule has 2 aliphatic heterocycles. The van der Waals surface area contributed by atoms with E-state index in [2.05, 4.69) is 16.1 Å². The van der Waals surface area contributed by atoms with Crippen molar-refractivity contribution in [3.63, 3.8) is 0 Å². The first-order chi connectivity index (χ1) is 14.6. The molecule has 2 aromatic rings. The van der Waals surface area contributed by atoms with E-state index in [-0.39, 0.29) is 11.9 Å². The van der Waals surface area contributed by atoms with Crippen molar-refractivity contribution in [3.05, 3.63) is 77.1 Å². The summed E-state index contributed by atoms with van der Waals surface area (Å²) in [5.74, 6) is -0.156. The molecule has 1 fully saturated rings. The summed E-state index contributed by atoms with van der Waals surface area (Å²) in [4.78, 5) is 14.1. The molecule has 30 heavy (non-hydrogen) atoms. The largest absolute Gasteiger partial charge is 0.445 e. The van der Waals surface area contributed by atoms with Crippen molar-refractivity contribution in [1.29, 1.82) is 0 Å². The number of ether oxygens (including phenoxy) is 1. The zero-order valence-corrected chi connectivity index (χ0v) is 17.4. The number of benzene rings is 2. The zero-order valence-electron chi connectivity index (χ0n) is 17.4. The van der Waals surface area contributed by atoms with Crippen molar-refractivity contribution in [3.8, 4) is 0 Å². The fourth-order valence-corrected chi connectivity index (χ4v) is 3.99. The van der Waals surface area contributed by atoms with E-state index in [1.54, 1.807) is 17.9 Å². The summed E-state index contributed by atoms with van der Waals surface area (Å²) >= 11 is 0. The van der Waals surface area contributed by atoms with Gasteiger partial charge in [0, 0.05) is 39.3 Å². The van der Waals surface area contributed by atoms with Crippen molar-refractivity contribution in [2.75, 3.05) is 39.3 Å². The van der Waals surface area contributed by atoms with Gasteiger partial charge in [-0.25, -0.2) is 19.2 Å². The minimum Gasteiger partial charge on any atom is -0.445 e. The van der Waals surface area contributed by atoms with Crippen molar-refractivity contribution >= 4 is 11.7 Å². The Kier molecular flexibility index (Phi) is 6.45. The van der Waals surface area contributed by atoms with Gasteiger partial charge in [0.2, 0.25) is 0 Å². The van der Waals surface area contributed by atoms with Crippen molar-refractivity contribution in [2.45, 2.75) is 20.0 Å². The van der Waals surface area contributed by atoms with Crippen LogP contribution in [0.5, 0.6) is 0 Å². The molecule has 0 saturated carbocycles. The highest BCUT2D eigenvalue weighted by Crippen LogP contribution is 2.25. The molecule has 158 valence electrons. The summed E-state index contributed by atoms with van der Waals surface area (Å²) in [6, 6.07) is 15.1. The van der Waals surface area contributed by atoms with Crippen molar-refractivity contribution in [1.82, 2.24) is 14.9 Å². The molecule has 0 spiro atoms. The minimum absolute atomic E-state index is 0.156. The van der Waals surface area contributed by atoms with Crippen LogP contribution in [0.25, 0.3) is 5.57 Å². The summed E-state index contributed by atoms with van der Waals surface area (Å²) in [5, 5.41) is 4.66. The monoisotopic (exact) mass is 409 g/mol. The molecule has 0 atom stereocenters. The minimum atomic E-state index is -0.244. The van der Waals surface area contributed by atoms with Gasteiger partial charge in [-0.15, -0.1) is 0 Å². The first-order valence-corrected chi connectivity index (χ1v) is 10.5. The number of piperazine rings is 1. The first-order valence-electron chi connectivity index (χ1n) is 10.5. The molecule has 2 aliphatic rings. The van der Waals surface area contributed by atoms with E-state index >= 15 is 0 Å². The Bertz CT molecular complexity index is 908. The lowest BCUT2D eigenvalue weighted by atomic mass is 9.98. The van der Waals surface area contributed by atoms with Crippen LogP contribution in [0, 0.1) is 12.7 Å². The van der Waals surface area contributed by atoms with Crippen LogP contribution in [0.15, 0.2) is 54.6 Å². The molecule has 5 nitrogen and oxygen atoms in total. The molecule has 0 unspecified atom stereocenters. The molecular formula is C24H28FN3O2. The average molecular weight is 410 g/mol. The van der Waals surface area contributed by atoms with Gasteiger partial charge in [-0.1, -0.05) is 42.5 Å². The number of nitrogens with zero attached hydrogens (tertiary/aromatic N) is 3. The first kappa shape index (κ1) is 20.6. The van der Waals surface area contributed by atoms with Gasteiger partial charge in [0.1, 0.15) is 12.4 Å². The summed E-state index contributed by atoms with van der Waals surface area (Å²) in [6.07, 6.45) is 2.92. The second-order valence-corrected chi connectivity index (χ2v) is 7.84. The van der Waals surface area contributed by atoms with Crippen LogP contribution >= 0.6 is 0 Å². The highest BCUT2D eigenvalue weighted by molar-refractivity contribution is 5.68. The Morgan fingerprint density at radius 1 is 1.00 bits per heavy atom. The highest BCUT2D eigenvalue weighted by atomic mass is 19.1. The van der Waals surface area contributed by atoms with Gasteiger partial charge in [0.25, 0.3) is 0 Å². The number of carbonyl (C=O) groups is 1. The molecule has 1 saturated heterocycles. The van der Waals surface area contributed by atoms with Crippen LogP contribution in [0.3, 0.4) is 0 Å². The Morgan fingerprint density at radius 3 is 2.43 bits per heavy atom. The van der Waals surface area contributed by atoms with Crippen LogP contribution < -0.4 is 0 Å². The van der Waals surface area contributed by atoms with Gasteiger partial charge in [-0.3, -0.25) is 0 Å². The van der Waals surface area contributed by atoms with E-state index in [4.69, 9.17) is 4.74 Å². The molecule has 2 aromatic carbocycles. The van der Waals surface area contributed by atoms with Gasteiger partial charge in [0.05, 0.1) is 0 Å². The van der Waals surface area contributed by atoms with E-state index < -0.39 is 0 Å². The molecule has 1 amide bonds. The van der Waals surface area contributed by atoms with E-state index in [0.717, 1.165) is 43.7 Å². The second-order valence-electron chi connectivity index (χ2n) is 7.84. The van der Waals surface area contributed by atoms with E-state index in [1.165, 1.54) is 5.57 Å². The Morgan fingerprint density at radius 2 is 1.77 bits per heavy atom. The number of hydrogen-bond donors (Lipinski definition) is 0. The molecule has 2 heterocycles. The van der Waals surface area contributed by atoms with E-state index in [1.807, 2.05) is 42.5 Å². The highest BCUT2D eigenvalue weighted by Gasteiger charge is 2.26. The molecular weight excluding hydrogens is 381 g/mol. The Labute approximate surface area is 177 Å². The van der Waals surface area contributed by atoms with Crippen LogP contribution in [0.4, 0.5) is 9.18 Å². The van der Waals surface area contributed by atoms with Gasteiger partial charge in [0.15, 0.2) is 0 Å². The maximum absolute atomic E-state index is 13.5. The molecule has 0 aromatic heterocycles. The lowest BCUT2D eigenvalue weighted by Crippen LogP contribution is -2.55. The quantitative estimate of drug-likeness (QED) is 0.762. The number of halogens is 1. The maximum atomic E-state index is 13.5. The van der Waals surface area contributed by atoms with Crippen LogP contribution in [-0.4, -0.2) is 60.3 Å². The number of aryl methyl sites for hydroxylation is 1. The molecule has 0 N–H and O–H groups in total. The van der Waals surface area contributed by atoms with Crippen LogP contribution in [0.2, 0.25) is 0 Å². The average Bonchev–Trinajstić information content (AvgIpc) is 2.80. The van der Waals surface area contributed by atoms with Gasteiger partial charge in [-0.2, -0.15) is 0 Å².